The Morgan fingerprint density at radius 2 is 1.81 bits per heavy atom. The van der Waals surface area contributed by atoms with Gasteiger partial charge in [-0.3, -0.25) is 0 Å². The van der Waals surface area contributed by atoms with Crippen LogP contribution in [-0.2, 0) is 21.1 Å². The Bertz CT molecular complexity index is 781. The van der Waals surface area contributed by atoms with Gasteiger partial charge in [-0.25, -0.2) is 14.2 Å². The third kappa shape index (κ3) is 6.99. The molecular weight excluding hydrogens is 412 g/mol. The average molecular weight is 425 g/mol. The fourth-order valence-electron chi connectivity index (χ4n) is 1.48. The van der Waals surface area contributed by atoms with Crippen LogP contribution in [0.15, 0.2) is 12.1 Å². The van der Waals surface area contributed by atoms with Gasteiger partial charge >= 0.3 is 28.7 Å². The first-order chi connectivity index (χ1) is 12.2. The van der Waals surface area contributed by atoms with Gasteiger partial charge in [-0.15, -0.1) is 0 Å². The molecule has 1 amide bonds. The third-order valence-corrected chi connectivity index (χ3v) is 3.56. The summed E-state index contributed by atoms with van der Waals surface area (Å²) < 4.78 is 111. The maximum atomic E-state index is 13.0. The maximum Gasteiger partial charge on any atom is 0.425 e. The Kier molecular flexibility index (Phi) is 6.74. The van der Waals surface area contributed by atoms with Crippen molar-refractivity contribution in [2.45, 2.75) is 32.3 Å². The van der Waals surface area contributed by atoms with E-state index in [1.165, 1.54) is 16.4 Å². The van der Waals surface area contributed by atoms with Crippen LogP contribution < -0.4 is 14.2 Å². The van der Waals surface area contributed by atoms with Crippen LogP contribution in [0.1, 0.15) is 19.4 Å². The van der Waals surface area contributed by atoms with Crippen LogP contribution in [0.4, 0.5) is 37.0 Å². The Balaban J connectivity index is 3.21. The molecule has 0 aliphatic carbocycles. The average Bonchev–Trinajstić information content (AvgIpc) is 2.43. The van der Waals surface area contributed by atoms with Crippen LogP contribution in [0, 0.1) is 0 Å². The van der Waals surface area contributed by atoms with Crippen molar-refractivity contribution in [3.63, 3.8) is 0 Å². The molecule has 0 fully saturated rings. The molecule has 1 aromatic rings. The largest absolute Gasteiger partial charge is 0.465 e. The lowest BCUT2D eigenvalue weighted by Gasteiger charge is -2.19. The Hall–Kier alpha value is -2.45. The number of rotatable bonds is 6. The SMILES string of the molecule is CCOC(=O)NS(=O)(=O)Nc1nc(O[C@@H](C)C(F)(F)F)ccc1C(F)(F)F. The molecule has 0 spiro atoms. The van der Waals surface area contributed by atoms with E-state index in [1.54, 1.807) is 0 Å². The van der Waals surface area contributed by atoms with Crippen LogP contribution in [0.25, 0.3) is 0 Å². The summed E-state index contributed by atoms with van der Waals surface area (Å²) in [5.41, 5.74) is -1.62. The molecule has 1 atom stereocenters. The summed E-state index contributed by atoms with van der Waals surface area (Å²) in [5.74, 6) is -2.33. The van der Waals surface area contributed by atoms with Gasteiger partial charge < -0.3 is 9.47 Å². The Morgan fingerprint density at radius 1 is 1.22 bits per heavy atom. The van der Waals surface area contributed by atoms with E-state index >= 15 is 0 Å². The summed E-state index contributed by atoms with van der Waals surface area (Å²) in [6, 6.07) is 0.759. The van der Waals surface area contributed by atoms with Crippen molar-refractivity contribution in [2.75, 3.05) is 11.3 Å². The van der Waals surface area contributed by atoms with E-state index in [1.807, 2.05) is 0 Å². The molecule has 0 bridgehead atoms. The van der Waals surface area contributed by atoms with Crippen LogP contribution in [0.2, 0.25) is 0 Å². The number of carbonyl (C=O) groups excluding carboxylic acids is 1. The van der Waals surface area contributed by atoms with Gasteiger partial charge in [-0.1, -0.05) is 0 Å². The van der Waals surface area contributed by atoms with E-state index < -0.39 is 52.0 Å². The van der Waals surface area contributed by atoms with Crippen molar-refractivity contribution in [1.82, 2.24) is 9.71 Å². The van der Waals surface area contributed by atoms with E-state index in [0.717, 1.165) is 0 Å². The van der Waals surface area contributed by atoms with Crippen LogP contribution in [-0.4, -0.2) is 38.4 Å². The number of alkyl halides is 6. The summed E-state index contributed by atoms with van der Waals surface area (Å²) in [6.45, 7) is 1.68. The van der Waals surface area contributed by atoms with Crippen LogP contribution >= 0.6 is 0 Å². The highest BCUT2D eigenvalue weighted by Crippen LogP contribution is 2.36. The lowest BCUT2D eigenvalue weighted by Crippen LogP contribution is -2.36. The minimum absolute atomic E-state index is 0.230. The van der Waals surface area contributed by atoms with Crippen molar-refractivity contribution < 1.29 is 49.0 Å². The van der Waals surface area contributed by atoms with E-state index in [2.05, 4.69) is 14.5 Å². The highest BCUT2D eigenvalue weighted by molar-refractivity contribution is 7.91. The van der Waals surface area contributed by atoms with Crippen molar-refractivity contribution in [2.24, 2.45) is 0 Å². The van der Waals surface area contributed by atoms with Crippen molar-refractivity contribution >= 4 is 22.1 Å². The topological polar surface area (TPSA) is 107 Å². The molecule has 15 heteroatoms. The number of halogens is 6. The zero-order chi connectivity index (χ0) is 21.0. The van der Waals surface area contributed by atoms with Crippen molar-refractivity contribution in [3.8, 4) is 5.88 Å². The molecular formula is C12H13F6N3O5S. The quantitative estimate of drug-likeness (QED) is 0.679. The Labute approximate surface area is 149 Å². The van der Waals surface area contributed by atoms with Gasteiger partial charge in [-0.2, -0.15) is 39.7 Å². The normalized spacial score (nSPS) is 13.6. The maximum absolute atomic E-state index is 13.0. The molecule has 154 valence electrons. The minimum Gasteiger partial charge on any atom is -0.465 e. The number of carbonyl (C=O) groups is 1. The molecule has 1 aromatic heterocycles. The molecule has 1 rings (SSSR count). The number of pyridine rings is 1. The van der Waals surface area contributed by atoms with Crippen LogP contribution in [0.5, 0.6) is 5.88 Å². The van der Waals surface area contributed by atoms with E-state index in [-0.39, 0.29) is 12.7 Å². The van der Waals surface area contributed by atoms with Gasteiger partial charge in [0.1, 0.15) is 0 Å². The molecule has 0 aliphatic rings. The van der Waals surface area contributed by atoms with E-state index in [4.69, 9.17) is 0 Å². The molecule has 0 saturated carbocycles. The number of ether oxygens (including phenoxy) is 2. The molecule has 0 aliphatic heterocycles. The zero-order valence-electron chi connectivity index (χ0n) is 13.6. The zero-order valence-corrected chi connectivity index (χ0v) is 14.4. The molecule has 2 N–H and O–H groups in total. The van der Waals surface area contributed by atoms with Gasteiger partial charge in [0.15, 0.2) is 11.9 Å². The number of amides is 1. The summed E-state index contributed by atoms with van der Waals surface area (Å²) in [4.78, 5) is 14.2. The number of aromatic nitrogens is 1. The predicted octanol–water partition coefficient (Wildman–Crippen LogP) is 2.83. The second-order valence-corrected chi connectivity index (χ2v) is 6.19. The second-order valence-electron chi connectivity index (χ2n) is 4.77. The first kappa shape index (κ1) is 22.6. The fourth-order valence-corrected chi connectivity index (χ4v) is 2.22. The van der Waals surface area contributed by atoms with Gasteiger partial charge in [0, 0.05) is 6.07 Å². The lowest BCUT2D eigenvalue weighted by atomic mass is 10.2. The van der Waals surface area contributed by atoms with Crippen LogP contribution in [0.3, 0.4) is 0 Å². The first-order valence-corrected chi connectivity index (χ1v) is 8.43. The van der Waals surface area contributed by atoms with Gasteiger partial charge in [-0.05, 0) is 19.9 Å². The summed E-state index contributed by atoms with van der Waals surface area (Å²) in [7, 11) is -4.93. The first-order valence-electron chi connectivity index (χ1n) is 6.94. The minimum atomic E-state index is -5.11. The van der Waals surface area contributed by atoms with E-state index in [9.17, 15) is 39.6 Å². The number of hydrogen-bond acceptors (Lipinski definition) is 6. The third-order valence-electron chi connectivity index (χ3n) is 2.66. The highest BCUT2D eigenvalue weighted by atomic mass is 32.2. The molecule has 0 saturated heterocycles. The monoisotopic (exact) mass is 425 g/mol. The van der Waals surface area contributed by atoms with Gasteiger partial charge in [0.2, 0.25) is 5.88 Å². The molecule has 0 unspecified atom stereocenters. The second kappa shape index (κ2) is 8.06. The predicted molar refractivity (Wildman–Crippen MR) is 78.1 cm³/mol. The highest BCUT2D eigenvalue weighted by Gasteiger charge is 2.39. The van der Waals surface area contributed by atoms with Crippen molar-refractivity contribution in [1.29, 1.82) is 0 Å². The van der Waals surface area contributed by atoms with Gasteiger partial charge in [0.05, 0.1) is 12.2 Å². The van der Waals surface area contributed by atoms with E-state index in [0.29, 0.717) is 13.0 Å². The van der Waals surface area contributed by atoms with Crippen molar-refractivity contribution in [3.05, 3.63) is 17.7 Å². The summed E-state index contributed by atoms with van der Waals surface area (Å²) >= 11 is 0. The number of anilines is 1. The number of hydrogen-bond donors (Lipinski definition) is 2. The molecule has 0 aromatic carbocycles. The smallest absolute Gasteiger partial charge is 0.425 e. The molecule has 8 nitrogen and oxygen atoms in total. The fraction of sp³-hybridized carbons (Fsp3) is 0.500. The number of nitrogens with one attached hydrogen (secondary N) is 2. The van der Waals surface area contributed by atoms with Gasteiger partial charge in [0.25, 0.3) is 0 Å². The number of nitrogens with zero attached hydrogens (tertiary/aromatic N) is 1. The molecule has 27 heavy (non-hydrogen) atoms. The molecule has 0 radical (unpaired) electrons. The summed E-state index contributed by atoms with van der Waals surface area (Å²) in [5, 5.41) is 0. The standard InChI is InChI=1S/C12H13F6N3O5S/c1-3-25-10(22)21-27(23,24)20-9-7(12(16,17)18)4-5-8(19-9)26-6(2)11(13,14)15/h4-6H,3H2,1-2H3,(H,19,20)(H,21,22)/t6-/m0/s1. The summed E-state index contributed by atoms with van der Waals surface area (Å²) in [6.07, 6.45) is -13.9. The molecule has 1 heterocycles. The lowest BCUT2D eigenvalue weighted by molar-refractivity contribution is -0.190. The Morgan fingerprint density at radius 3 is 2.30 bits per heavy atom.